The van der Waals surface area contributed by atoms with Crippen LogP contribution in [-0.4, -0.2) is 28.2 Å². The van der Waals surface area contributed by atoms with E-state index in [1.54, 1.807) is 12.1 Å². The Kier molecular flexibility index (Phi) is 5.82. The second kappa shape index (κ2) is 6.89. The highest BCUT2D eigenvalue weighted by molar-refractivity contribution is 7.80. The van der Waals surface area contributed by atoms with E-state index < -0.39 is 12.2 Å². The average Bonchev–Trinajstić information content (AvgIpc) is 2.28. The minimum absolute atomic E-state index is 0.0328. The van der Waals surface area contributed by atoms with Crippen LogP contribution in [0.2, 0.25) is 0 Å². The Morgan fingerprint density at radius 1 is 1.24 bits per heavy atom. The van der Waals surface area contributed by atoms with Gasteiger partial charge in [0, 0.05) is 5.56 Å². The monoisotopic (exact) mass is 256 g/mol. The maximum absolute atomic E-state index is 10.0. The standard InChI is InChI=1S/C13H20O3S/c1-9(2)16-12-6-4-3-5-10(12)13(15)11(14)7-8-17/h3-6,9,11,13-15,17H,7-8H2,1-2H3. The molecule has 17 heavy (non-hydrogen) atoms. The van der Waals surface area contributed by atoms with E-state index in [0.29, 0.717) is 23.5 Å². The van der Waals surface area contributed by atoms with Crippen LogP contribution in [0.25, 0.3) is 0 Å². The zero-order chi connectivity index (χ0) is 12.8. The van der Waals surface area contributed by atoms with E-state index in [1.807, 2.05) is 26.0 Å². The molecular formula is C13H20O3S. The van der Waals surface area contributed by atoms with Crippen LogP contribution in [0.15, 0.2) is 24.3 Å². The molecule has 0 aromatic heterocycles. The van der Waals surface area contributed by atoms with Gasteiger partial charge in [-0.15, -0.1) is 0 Å². The Morgan fingerprint density at radius 2 is 1.88 bits per heavy atom. The number of aliphatic hydroxyl groups is 2. The molecule has 0 fully saturated rings. The van der Waals surface area contributed by atoms with Gasteiger partial charge in [0.25, 0.3) is 0 Å². The fraction of sp³-hybridized carbons (Fsp3) is 0.538. The smallest absolute Gasteiger partial charge is 0.125 e. The summed E-state index contributed by atoms with van der Waals surface area (Å²) in [6.07, 6.45) is -1.27. The van der Waals surface area contributed by atoms with Crippen molar-refractivity contribution in [3.05, 3.63) is 29.8 Å². The lowest BCUT2D eigenvalue weighted by Crippen LogP contribution is -2.20. The van der Waals surface area contributed by atoms with Crippen molar-refractivity contribution in [2.75, 3.05) is 5.75 Å². The van der Waals surface area contributed by atoms with E-state index in [9.17, 15) is 10.2 Å². The lowest BCUT2D eigenvalue weighted by Gasteiger charge is -2.21. The minimum atomic E-state index is -0.933. The van der Waals surface area contributed by atoms with Gasteiger partial charge in [-0.3, -0.25) is 0 Å². The van der Waals surface area contributed by atoms with Gasteiger partial charge in [0.15, 0.2) is 0 Å². The van der Waals surface area contributed by atoms with Crippen LogP contribution >= 0.6 is 12.6 Å². The molecule has 0 heterocycles. The van der Waals surface area contributed by atoms with Crippen LogP contribution in [-0.2, 0) is 0 Å². The second-order valence-corrected chi connectivity index (χ2v) is 4.68. The first kappa shape index (κ1) is 14.4. The Morgan fingerprint density at radius 3 is 2.47 bits per heavy atom. The predicted octanol–water partition coefficient (Wildman–Crippen LogP) is 2.19. The molecule has 2 unspecified atom stereocenters. The third-order valence-corrected chi connectivity index (χ3v) is 2.65. The molecule has 0 saturated carbocycles. The van der Waals surface area contributed by atoms with Crippen molar-refractivity contribution in [2.45, 2.75) is 38.6 Å². The van der Waals surface area contributed by atoms with Gasteiger partial charge in [-0.25, -0.2) is 0 Å². The SMILES string of the molecule is CC(C)Oc1ccccc1C(O)C(O)CCS. The lowest BCUT2D eigenvalue weighted by atomic mass is 10.0. The molecule has 1 aromatic rings. The van der Waals surface area contributed by atoms with Gasteiger partial charge in [0.05, 0.1) is 12.2 Å². The fourth-order valence-electron chi connectivity index (χ4n) is 1.58. The van der Waals surface area contributed by atoms with Crippen LogP contribution in [0.3, 0.4) is 0 Å². The van der Waals surface area contributed by atoms with Crippen LogP contribution in [0, 0.1) is 0 Å². The summed E-state index contributed by atoms with van der Waals surface area (Å²) in [7, 11) is 0. The molecule has 1 aromatic carbocycles. The van der Waals surface area contributed by atoms with Gasteiger partial charge < -0.3 is 14.9 Å². The zero-order valence-electron chi connectivity index (χ0n) is 10.2. The highest BCUT2D eigenvalue weighted by atomic mass is 32.1. The Balaban J connectivity index is 2.88. The normalized spacial score (nSPS) is 14.7. The summed E-state index contributed by atoms with van der Waals surface area (Å²) in [5.74, 6) is 1.15. The van der Waals surface area contributed by atoms with E-state index >= 15 is 0 Å². The molecule has 3 nitrogen and oxygen atoms in total. The lowest BCUT2D eigenvalue weighted by molar-refractivity contribution is 0.0150. The van der Waals surface area contributed by atoms with Crippen molar-refractivity contribution < 1.29 is 14.9 Å². The van der Waals surface area contributed by atoms with Crippen LogP contribution in [0.4, 0.5) is 0 Å². The minimum Gasteiger partial charge on any atom is -0.491 e. The molecule has 0 spiro atoms. The zero-order valence-corrected chi connectivity index (χ0v) is 11.1. The third-order valence-electron chi connectivity index (χ3n) is 2.39. The largest absolute Gasteiger partial charge is 0.491 e. The first-order chi connectivity index (χ1) is 8.06. The van der Waals surface area contributed by atoms with E-state index in [2.05, 4.69) is 12.6 Å². The Labute approximate surface area is 108 Å². The maximum atomic E-state index is 10.0. The summed E-state index contributed by atoms with van der Waals surface area (Å²) in [5, 5.41) is 19.8. The Bertz CT molecular complexity index is 341. The van der Waals surface area contributed by atoms with Gasteiger partial charge in [0.2, 0.25) is 0 Å². The van der Waals surface area contributed by atoms with Crippen LogP contribution < -0.4 is 4.74 Å². The molecule has 2 N–H and O–H groups in total. The summed E-state index contributed by atoms with van der Waals surface area (Å²) >= 11 is 4.05. The molecule has 4 heteroatoms. The van der Waals surface area contributed by atoms with Crippen LogP contribution in [0.5, 0.6) is 5.75 Å². The predicted molar refractivity (Wildman–Crippen MR) is 71.6 cm³/mol. The quantitative estimate of drug-likeness (QED) is 0.684. The fourth-order valence-corrected chi connectivity index (χ4v) is 1.85. The number of hydrogen-bond acceptors (Lipinski definition) is 4. The van der Waals surface area contributed by atoms with Gasteiger partial charge in [-0.1, -0.05) is 18.2 Å². The summed E-state index contributed by atoms with van der Waals surface area (Å²) in [6.45, 7) is 3.85. The molecule has 0 aliphatic heterocycles. The molecule has 96 valence electrons. The Hall–Kier alpha value is -0.710. The number of rotatable bonds is 6. The summed E-state index contributed by atoms with van der Waals surface area (Å²) < 4.78 is 5.60. The molecule has 0 radical (unpaired) electrons. The number of benzene rings is 1. The molecule has 0 aliphatic rings. The average molecular weight is 256 g/mol. The van der Waals surface area contributed by atoms with Gasteiger partial charge in [-0.2, -0.15) is 12.6 Å². The number of hydrogen-bond donors (Lipinski definition) is 3. The number of ether oxygens (including phenoxy) is 1. The van der Waals surface area contributed by atoms with Crippen molar-refractivity contribution in [3.63, 3.8) is 0 Å². The van der Waals surface area contributed by atoms with Crippen LogP contribution in [0.1, 0.15) is 31.9 Å². The maximum Gasteiger partial charge on any atom is 0.125 e. The van der Waals surface area contributed by atoms with E-state index in [4.69, 9.17) is 4.74 Å². The number of aliphatic hydroxyl groups excluding tert-OH is 2. The summed E-state index contributed by atoms with van der Waals surface area (Å²) in [5.41, 5.74) is 0.621. The summed E-state index contributed by atoms with van der Waals surface area (Å²) in [6, 6.07) is 7.23. The first-order valence-electron chi connectivity index (χ1n) is 5.78. The van der Waals surface area contributed by atoms with Gasteiger partial charge in [0.1, 0.15) is 11.9 Å². The molecule has 0 aliphatic carbocycles. The first-order valence-corrected chi connectivity index (χ1v) is 6.42. The van der Waals surface area contributed by atoms with Crippen molar-refractivity contribution in [2.24, 2.45) is 0 Å². The highest BCUT2D eigenvalue weighted by Gasteiger charge is 2.21. The van der Waals surface area contributed by atoms with Crippen molar-refractivity contribution in [3.8, 4) is 5.75 Å². The second-order valence-electron chi connectivity index (χ2n) is 4.23. The number of thiol groups is 1. The van der Waals surface area contributed by atoms with Crippen molar-refractivity contribution in [1.82, 2.24) is 0 Å². The van der Waals surface area contributed by atoms with Crippen molar-refractivity contribution >= 4 is 12.6 Å². The van der Waals surface area contributed by atoms with E-state index in [1.165, 1.54) is 0 Å². The summed E-state index contributed by atoms with van der Waals surface area (Å²) in [4.78, 5) is 0. The molecule has 0 bridgehead atoms. The van der Waals surface area contributed by atoms with E-state index in [-0.39, 0.29) is 6.10 Å². The molecule has 1 rings (SSSR count). The third kappa shape index (κ3) is 4.22. The molecule has 0 saturated heterocycles. The molecular weight excluding hydrogens is 236 g/mol. The molecule has 0 amide bonds. The van der Waals surface area contributed by atoms with Gasteiger partial charge >= 0.3 is 0 Å². The topological polar surface area (TPSA) is 49.7 Å². The molecule has 2 atom stereocenters. The number of para-hydroxylation sites is 1. The van der Waals surface area contributed by atoms with Crippen molar-refractivity contribution in [1.29, 1.82) is 0 Å². The van der Waals surface area contributed by atoms with Gasteiger partial charge in [-0.05, 0) is 32.1 Å². The van der Waals surface area contributed by atoms with E-state index in [0.717, 1.165) is 0 Å². The highest BCUT2D eigenvalue weighted by Crippen LogP contribution is 2.29.